The fourth-order valence-electron chi connectivity index (χ4n) is 2.40. The molecule has 5 nitrogen and oxygen atoms in total. The van der Waals surface area contributed by atoms with Crippen LogP contribution < -0.4 is 10.1 Å². The van der Waals surface area contributed by atoms with E-state index in [-0.39, 0.29) is 23.3 Å². The van der Waals surface area contributed by atoms with Gasteiger partial charge in [-0.1, -0.05) is 28.1 Å². The quantitative estimate of drug-likeness (QED) is 0.792. The lowest BCUT2D eigenvalue weighted by Gasteiger charge is -2.25. The Kier molecular flexibility index (Phi) is 6.23. The molecule has 0 bridgehead atoms. The Balaban J connectivity index is 2.10. The second-order valence-corrected chi connectivity index (χ2v) is 6.54. The van der Waals surface area contributed by atoms with Crippen molar-refractivity contribution in [2.24, 2.45) is 0 Å². The highest BCUT2D eigenvalue weighted by Crippen LogP contribution is 2.23. The summed E-state index contributed by atoms with van der Waals surface area (Å²) < 4.78 is 5.91. The van der Waals surface area contributed by atoms with Gasteiger partial charge in [0.05, 0.1) is 18.7 Å². The molecule has 0 aromatic heterocycles. The van der Waals surface area contributed by atoms with E-state index in [2.05, 4.69) is 21.2 Å². The van der Waals surface area contributed by atoms with Crippen LogP contribution in [-0.4, -0.2) is 43.7 Å². The average molecular weight is 393 g/mol. The van der Waals surface area contributed by atoms with E-state index >= 15 is 0 Å². The summed E-state index contributed by atoms with van der Waals surface area (Å²) in [6.07, 6.45) is 0. The van der Waals surface area contributed by atoms with Gasteiger partial charge in [-0.3, -0.25) is 4.79 Å². The number of ether oxygens (including phenoxy) is 1. The zero-order valence-electron chi connectivity index (χ0n) is 13.9. The molecule has 6 heteroatoms. The van der Waals surface area contributed by atoms with Crippen molar-refractivity contribution in [1.82, 2.24) is 10.2 Å². The summed E-state index contributed by atoms with van der Waals surface area (Å²) in [4.78, 5) is 14.4. The number of methoxy groups -OCH3 is 1. The molecule has 0 radical (unpaired) electrons. The van der Waals surface area contributed by atoms with Gasteiger partial charge in [0.2, 0.25) is 0 Å². The van der Waals surface area contributed by atoms with E-state index in [0.29, 0.717) is 6.54 Å². The maximum absolute atomic E-state index is 12.3. The number of benzene rings is 2. The zero-order chi connectivity index (χ0) is 17.7. The van der Waals surface area contributed by atoms with Crippen LogP contribution in [0.25, 0.3) is 0 Å². The monoisotopic (exact) mass is 392 g/mol. The van der Waals surface area contributed by atoms with Crippen LogP contribution in [-0.2, 0) is 0 Å². The number of amides is 1. The molecule has 0 saturated carbocycles. The smallest absolute Gasteiger partial charge is 0.255 e. The van der Waals surface area contributed by atoms with Gasteiger partial charge in [-0.15, -0.1) is 0 Å². The predicted molar refractivity (Wildman–Crippen MR) is 97.6 cm³/mol. The molecule has 0 heterocycles. The standard InChI is InChI=1S/C18H21BrN2O3/c1-21(2)16(12-4-7-14(24-3)8-5-12)11-20-18(23)15-10-13(19)6-9-17(15)22/h4-10,16,22H,11H2,1-3H3,(H,20,23). The molecule has 0 spiro atoms. The van der Waals surface area contributed by atoms with Crippen molar-refractivity contribution in [2.75, 3.05) is 27.7 Å². The Morgan fingerprint density at radius 1 is 1.25 bits per heavy atom. The third-order valence-electron chi connectivity index (χ3n) is 3.78. The second kappa shape index (κ2) is 8.17. The van der Waals surface area contributed by atoms with E-state index < -0.39 is 0 Å². The first kappa shape index (κ1) is 18.3. The van der Waals surface area contributed by atoms with E-state index in [1.54, 1.807) is 19.2 Å². The van der Waals surface area contributed by atoms with Crippen molar-refractivity contribution in [1.29, 1.82) is 0 Å². The van der Waals surface area contributed by atoms with Gasteiger partial charge in [0.1, 0.15) is 11.5 Å². The molecule has 0 aliphatic carbocycles. The number of likely N-dealkylation sites (N-methyl/N-ethyl adjacent to an activating group) is 1. The Hall–Kier alpha value is -2.05. The van der Waals surface area contributed by atoms with Gasteiger partial charge in [0.25, 0.3) is 5.91 Å². The van der Waals surface area contributed by atoms with Gasteiger partial charge in [-0.2, -0.15) is 0 Å². The molecular weight excluding hydrogens is 372 g/mol. The molecule has 2 aromatic carbocycles. The first-order valence-corrected chi connectivity index (χ1v) is 8.28. The summed E-state index contributed by atoms with van der Waals surface area (Å²) in [6, 6.07) is 12.5. The SMILES string of the molecule is COc1ccc(C(CNC(=O)c2cc(Br)ccc2O)N(C)C)cc1. The molecule has 1 amide bonds. The van der Waals surface area contributed by atoms with Gasteiger partial charge < -0.3 is 20.1 Å². The molecule has 1 unspecified atom stereocenters. The highest BCUT2D eigenvalue weighted by molar-refractivity contribution is 9.10. The number of halogens is 1. The van der Waals surface area contributed by atoms with Gasteiger partial charge >= 0.3 is 0 Å². The Bertz CT molecular complexity index is 702. The molecule has 0 aliphatic heterocycles. The summed E-state index contributed by atoms with van der Waals surface area (Å²) >= 11 is 3.31. The first-order valence-electron chi connectivity index (χ1n) is 7.49. The number of nitrogens with one attached hydrogen (secondary N) is 1. The summed E-state index contributed by atoms with van der Waals surface area (Å²) in [5.41, 5.74) is 1.32. The highest BCUT2D eigenvalue weighted by Gasteiger charge is 2.17. The van der Waals surface area contributed by atoms with Crippen molar-refractivity contribution in [3.8, 4) is 11.5 Å². The second-order valence-electron chi connectivity index (χ2n) is 5.62. The number of hydrogen-bond donors (Lipinski definition) is 2. The molecular formula is C18H21BrN2O3. The minimum Gasteiger partial charge on any atom is -0.507 e. The molecule has 0 aliphatic rings. The molecule has 2 N–H and O–H groups in total. The number of phenolic OH excluding ortho intramolecular Hbond substituents is 1. The van der Waals surface area contributed by atoms with Gasteiger partial charge in [0, 0.05) is 11.0 Å². The third kappa shape index (κ3) is 4.49. The van der Waals surface area contributed by atoms with E-state index in [1.165, 1.54) is 6.07 Å². The topological polar surface area (TPSA) is 61.8 Å². The number of carbonyl (C=O) groups is 1. The van der Waals surface area contributed by atoms with Crippen LogP contribution in [0.3, 0.4) is 0 Å². The summed E-state index contributed by atoms with van der Waals surface area (Å²) in [6.45, 7) is 0.421. The number of hydrogen-bond acceptors (Lipinski definition) is 4. The summed E-state index contributed by atoms with van der Waals surface area (Å²) in [5.74, 6) is 0.440. The number of phenols is 1. The minimum absolute atomic E-state index is 0.00847. The molecule has 24 heavy (non-hydrogen) atoms. The lowest BCUT2D eigenvalue weighted by Crippen LogP contribution is -2.34. The molecule has 128 valence electrons. The molecule has 2 aromatic rings. The number of rotatable bonds is 6. The first-order chi connectivity index (χ1) is 11.4. The Morgan fingerprint density at radius 3 is 2.50 bits per heavy atom. The van der Waals surface area contributed by atoms with Gasteiger partial charge in [-0.05, 0) is 50.0 Å². The fraction of sp³-hybridized carbons (Fsp3) is 0.278. The predicted octanol–water partition coefficient (Wildman–Crippen LogP) is 3.20. The number of carbonyl (C=O) groups excluding carboxylic acids is 1. The van der Waals surface area contributed by atoms with Crippen LogP contribution in [0.4, 0.5) is 0 Å². The maximum atomic E-state index is 12.3. The summed E-state index contributed by atoms with van der Waals surface area (Å²) in [5, 5.41) is 12.7. The third-order valence-corrected chi connectivity index (χ3v) is 4.28. The lowest BCUT2D eigenvalue weighted by atomic mass is 10.1. The lowest BCUT2D eigenvalue weighted by molar-refractivity contribution is 0.0939. The zero-order valence-corrected chi connectivity index (χ0v) is 15.5. The molecule has 0 fully saturated rings. The van der Waals surface area contributed by atoms with Crippen LogP contribution in [0.15, 0.2) is 46.9 Å². The molecule has 2 rings (SSSR count). The fourth-order valence-corrected chi connectivity index (χ4v) is 2.76. The molecule has 0 saturated heterocycles. The van der Waals surface area contributed by atoms with Crippen LogP contribution in [0, 0.1) is 0 Å². The Labute approximate surface area is 150 Å². The number of nitrogens with zero attached hydrogens (tertiary/aromatic N) is 1. The highest BCUT2D eigenvalue weighted by atomic mass is 79.9. The average Bonchev–Trinajstić information content (AvgIpc) is 2.57. The van der Waals surface area contributed by atoms with Crippen molar-refractivity contribution in [3.63, 3.8) is 0 Å². The van der Waals surface area contributed by atoms with Crippen molar-refractivity contribution in [3.05, 3.63) is 58.1 Å². The normalized spacial score (nSPS) is 12.0. The number of aromatic hydroxyl groups is 1. The van der Waals surface area contributed by atoms with Gasteiger partial charge in [0.15, 0.2) is 0 Å². The molecule has 1 atom stereocenters. The van der Waals surface area contributed by atoms with Crippen molar-refractivity contribution in [2.45, 2.75) is 6.04 Å². The maximum Gasteiger partial charge on any atom is 0.255 e. The van der Waals surface area contributed by atoms with Crippen LogP contribution in [0.1, 0.15) is 22.0 Å². The van der Waals surface area contributed by atoms with Crippen molar-refractivity contribution >= 4 is 21.8 Å². The van der Waals surface area contributed by atoms with Crippen LogP contribution in [0.2, 0.25) is 0 Å². The summed E-state index contributed by atoms with van der Waals surface area (Å²) in [7, 11) is 5.54. The minimum atomic E-state index is -0.311. The van der Waals surface area contributed by atoms with E-state index in [4.69, 9.17) is 4.74 Å². The van der Waals surface area contributed by atoms with E-state index in [0.717, 1.165) is 15.8 Å². The van der Waals surface area contributed by atoms with E-state index in [1.807, 2.05) is 43.3 Å². The van der Waals surface area contributed by atoms with E-state index in [9.17, 15) is 9.90 Å². The van der Waals surface area contributed by atoms with Crippen LogP contribution >= 0.6 is 15.9 Å². The van der Waals surface area contributed by atoms with Crippen molar-refractivity contribution < 1.29 is 14.6 Å². The largest absolute Gasteiger partial charge is 0.507 e. The Morgan fingerprint density at radius 2 is 1.92 bits per heavy atom. The van der Waals surface area contributed by atoms with Gasteiger partial charge in [-0.25, -0.2) is 0 Å². The van der Waals surface area contributed by atoms with Crippen LogP contribution in [0.5, 0.6) is 11.5 Å².